The lowest BCUT2D eigenvalue weighted by Crippen LogP contribution is -2.67. The molecule has 0 aromatic rings. The van der Waals surface area contributed by atoms with Crippen LogP contribution in [0.25, 0.3) is 0 Å². The van der Waals surface area contributed by atoms with Crippen molar-refractivity contribution in [3.63, 3.8) is 0 Å². The van der Waals surface area contributed by atoms with Crippen molar-refractivity contribution in [1.29, 1.82) is 0 Å². The number of aliphatic carboxylic acids is 1. The summed E-state index contributed by atoms with van der Waals surface area (Å²) in [5, 5.41) is 9.63. The summed E-state index contributed by atoms with van der Waals surface area (Å²) in [4.78, 5) is 28.6. The maximum atomic E-state index is 13.0. The summed E-state index contributed by atoms with van der Waals surface area (Å²) in [5.41, 5.74) is 6.29. The Balaban J connectivity index is 1.78. The van der Waals surface area contributed by atoms with Gasteiger partial charge in [-0.25, -0.2) is 4.79 Å². The summed E-state index contributed by atoms with van der Waals surface area (Å²) in [6.07, 6.45) is 7.56. The third kappa shape index (κ3) is 3.11. The van der Waals surface area contributed by atoms with Crippen molar-refractivity contribution in [2.75, 3.05) is 13.1 Å². The molecule has 1 aliphatic carbocycles. The van der Waals surface area contributed by atoms with Crippen LogP contribution in [0.1, 0.15) is 51.9 Å². The number of rotatable bonds is 3. The number of hydrogen-bond donors (Lipinski definition) is 2. The Morgan fingerprint density at radius 1 is 1.13 bits per heavy atom. The van der Waals surface area contributed by atoms with Crippen molar-refractivity contribution in [2.24, 2.45) is 11.7 Å². The van der Waals surface area contributed by atoms with Crippen molar-refractivity contribution in [3.05, 3.63) is 0 Å². The summed E-state index contributed by atoms with van der Waals surface area (Å²) in [6.45, 7) is 3.37. The third-order valence-electron chi connectivity index (χ3n) is 6.14. The molecule has 6 nitrogen and oxygen atoms in total. The zero-order valence-electron chi connectivity index (χ0n) is 14.0. The molecule has 3 aliphatic rings. The Morgan fingerprint density at radius 3 is 2.48 bits per heavy atom. The fourth-order valence-electron chi connectivity index (χ4n) is 4.82. The van der Waals surface area contributed by atoms with Gasteiger partial charge in [-0.05, 0) is 45.1 Å². The maximum Gasteiger partial charge on any atom is 0.327 e. The highest BCUT2D eigenvalue weighted by Crippen LogP contribution is 2.32. The monoisotopic (exact) mass is 323 g/mol. The molecule has 2 heterocycles. The lowest BCUT2D eigenvalue weighted by molar-refractivity contribution is -0.160. The summed E-state index contributed by atoms with van der Waals surface area (Å²) in [6, 6.07) is -1.10. The average molecular weight is 323 g/mol. The average Bonchev–Trinajstić information content (AvgIpc) is 3.03. The van der Waals surface area contributed by atoms with E-state index in [9.17, 15) is 14.7 Å². The van der Waals surface area contributed by atoms with E-state index in [0.717, 1.165) is 45.1 Å². The van der Waals surface area contributed by atoms with Gasteiger partial charge in [0.05, 0.1) is 6.04 Å². The van der Waals surface area contributed by atoms with Crippen LogP contribution in [0.15, 0.2) is 0 Å². The van der Waals surface area contributed by atoms with E-state index >= 15 is 0 Å². The number of fused-ring (bicyclic) bond motifs is 1. The number of piperazine rings is 1. The van der Waals surface area contributed by atoms with E-state index in [-0.39, 0.29) is 23.9 Å². The Bertz CT molecular complexity index is 464. The molecule has 3 N–H and O–H groups in total. The molecule has 3 fully saturated rings. The highest BCUT2D eigenvalue weighted by Gasteiger charge is 2.47. The number of amides is 1. The first-order chi connectivity index (χ1) is 11.0. The first-order valence-corrected chi connectivity index (χ1v) is 9.05. The summed E-state index contributed by atoms with van der Waals surface area (Å²) >= 11 is 0. The number of carboxylic acids is 1. The zero-order chi connectivity index (χ0) is 16.6. The van der Waals surface area contributed by atoms with E-state index < -0.39 is 18.1 Å². The molecule has 130 valence electrons. The molecule has 4 atom stereocenters. The molecule has 6 heteroatoms. The van der Waals surface area contributed by atoms with E-state index in [2.05, 4.69) is 4.90 Å². The fraction of sp³-hybridized carbons (Fsp3) is 0.882. The lowest BCUT2D eigenvalue weighted by atomic mass is 9.83. The van der Waals surface area contributed by atoms with Crippen LogP contribution in [-0.4, -0.2) is 64.0 Å². The molecule has 0 spiro atoms. The van der Waals surface area contributed by atoms with Crippen LogP contribution in [0.5, 0.6) is 0 Å². The van der Waals surface area contributed by atoms with Gasteiger partial charge in [-0.2, -0.15) is 0 Å². The predicted molar refractivity (Wildman–Crippen MR) is 86.9 cm³/mol. The molecule has 23 heavy (non-hydrogen) atoms. The molecular weight excluding hydrogens is 294 g/mol. The molecular formula is C17H29N3O3. The van der Waals surface area contributed by atoms with Crippen molar-refractivity contribution < 1.29 is 14.7 Å². The minimum atomic E-state index is -0.911. The Kier molecular flexibility index (Phi) is 4.92. The van der Waals surface area contributed by atoms with Crippen molar-refractivity contribution >= 4 is 11.9 Å². The number of carbonyl (C=O) groups is 2. The number of nitrogens with zero attached hydrogens (tertiary/aromatic N) is 2. The third-order valence-corrected chi connectivity index (χ3v) is 6.14. The van der Waals surface area contributed by atoms with Gasteiger partial charge in [-0.3, -0.25) is 9.69 Å². The molecule has 3 rings (SSSR count). The standard InChI is InChI=1S/C17H29N3O3/c1-11-13-8-5-9-19(13)10-14(17(22)23)20(11)16(21)15(18)12-6-3-2-4-7-12/h11-15H,2-10,18H2,1H3,(H,22,23)/t11?,13-,14+,15+/m1/s1. The van der Waals surface area contributed by atoms with Gasteiger partial charge in [0.15, 0.2) is 0 Å². The van der Waals surface area contributed by atoms with Crippen LogP contribution in [0.4, 0.5) is 0 Å². The van der Waals surface area contributed by atoms with E-state index in [0.29, 0.717) is 6.54 Å². The molecule has 1 unspecified atom stereocenters. The van der Waals surface area contributed by atoms with Gasteiger partial charge in [-0.15, -0.1) is 0 Å². The fourth-order valence-corrected chi connectivity index (χ4v) is 4.82. The molecule has 0 aromatic heterocycles. The number of hydrogen-bond acceptors (Lipinski definition) is 4. The van der Waals surface area contributed by atoms with Gasteiger partial charge in [0.2, 0.25) is 5.91 Å². The summed E-state index contributed by atoms with van der Waals surface area (Å²) in [7, 11) is 0. The first-order valence-electron chi connectivity index (χ1n) is 9.05. The van der Waals surface area contributed by atoms with E-state index in [1.807, 2.05) is 6.92 Å². The van der Waals surface area contributed by atoms with Gasteiger partial charge in [0.25, 0.3) is 0 Å². The lowest BCUT2D eigenvalue weighted by Gasteiger charge is -2.48. The molecule has 2 aliphatic heterocycles. The van der Waals surface area contributed by atoms with Crippen LogP contribution in [0.3, 0.4) is 0 Å². The number of carbonyl (C=O) groups excluding carboxylic acids is 1. The van der Waals surface area contributed by atoms with E-state index in [1.165, 1.54) is 6.42 Å². The quantitative estimate of drug-likeness (QED) is 0.810. The molecule has 0 aromatic carbocycles. The van der Waals surface area contributed by atoms with Crippen molar-refractivity contribution in [2.45, 2.75) is 76.0 Å². The first kappa shape index (κ1) is 16.7. The summed E-state index contributed by atoms with van der Waals surface area (Å²) in [5.74, 6) is -0.853. The topological polar surface area (TPSA) is 86.9 Å². The largest absolute Gasteiger partial charge is 0.480 e. The SMILES string of the molecule is CC1[C@H]2CCCN2C[C@@H](C(=O)O)N1C(=O)[C@@H](N)C1CCCCC1. The van der Waals surface area contributed by atoms with E-state index in [4.69, 9.17) is 5.73 Å². The summed E-state index contributed by atoms with van der Waals surface area (Å²) < 4.78 is 0. The molecule has 0 radical (unpaired) electrons. The van der Waals surface area contributed by atoms with E-state index in [1.54, 1.807) is 4.90 Å². The molecule has 0 bridgehead atoms. The normalized spacial score (nSPS) is 34.2. The van der Waals surface area contributed by atoms with Gasteiger partial charge in [0, 0.05) is 18.6 Å². The number of carboxylic acid groups (broad SMARTS) is 1. The Hall–Kier alpha value is -1.14. The molecule has 2 saturated heterocycles. The molecule has 1 amide bonds. The van der Waals surface area contributed by atoms with Gasteiger partial charge >= 0.3 is 5.97 Å². The highest BCUT2D eigenvalue weighted by atomic mass is 16.4. The second-order valence-corrected chi connectivity index (χ2v) is 7.47. The van der Waals surface area contributed by atoms with Crippen LogP contribution >= 0.6 is 0 Å². The Labute approximate surface area is 138 Å². The van der Waals surface area contributed by atoms with Crippen LogP contribution in [0, 0.1) is 5.92 Å². The highest BCUT2D eigenvalue weighted by molar-refractivity contribution is 5.88. The van der Waals surface area contributed by atoms with Gasteiger partial charge in [-0.1, -0.05) is 19.3 Å². The van der Waals surface area contributed by atoms with Crippen LogP contribution in [0.2, 0.25) is 0 Å². The second-order valence-electron chi connectivity index (χ2n) is 7.47. The molecule has 1 saturated carbocycles. The minimum absolute atomic E-state index is 0.0745. The van der Waals surface area contributed by atoms with Crippen LogP contribution in [-0.2, 0) is 9.59 Å². The maximum absolute atomic E-state index is 13.0. The van der Waals surface area contributed by atoms with Gasteiger partial charge in [0.1, 0.15) is 6.04 Å². The van der Waals surface area contributed by atoms with Crippen LogP contribution < -0.4 is 5.73 Å². The smallest absolute Gasteiger partial charge is 0.327 e. The van der Waals surface area contributed by atoms with Crippen molar-refractivity contribution in [3.8, 4) is 0 Å². The number of nitrogens with two attached hydrogens (primary N) is 1. The van der Waals surface area contributed by atoms with Gasteiger partial charge < -0.3 is 15.7 Å². The minimum Gasteiger partial charge on any atom is -0.480 e. The second kappa shape index (κ2) is 6.77. The zero-order valence-corrected chi connectivity index (χ0v) is 14.0. The Morgan fingerprint density at radius 2 is 1.83 bits per heavy atom. The predicted octanol–water partition coefficient (Wildman–Crippen LogP) is 1.04. The van der Waals surface area contributed by atoms with Crippen molar-refractivity contribution in [1.82, 2.24) is 9.80 Å².